The second-order valence-corrected chi connectivity index (χ2v) is 7.30. The molecular formula is C20H32IN5O. The van der Waals surface area contributed by atoms with Gasteiger partial charge in [0, 0.05) is 34.4 Å². The number of methoxy groups -OCH3 is 1. The van der Waals surface area contributed by atoms with Crippen molar-refractivity contribution in [2.24, 2.45) is 17.5 Å². The normalized spacial score (nSPS) is 16.3. The monoisotopic (exact) mass is 485 g/mol. The first-order valence-electron chi connectivity index (χ1n) is 9.51. The van der Waals surface area contributed by atoms with Gasteiger partial charge in [-0.3, -0.25) is 4.99 Å². The molecule has 0 spiro atoms. The number of imidazole rings is 1. The SMILES string of the molecule is CN=C(NCc1nc2ccccc2n1C)NCC1(CCOC)CCCC1.I. The maximum atomic E-state index is 5.32. The van der Waals surface area contributed by atoms with Gasteiger partial charge in [0.25, 0.3) is 0 Å². The van der Waals surface area contributed by atoms with Crippen molar-refractivity contribution in [3.05, 3.63) is 30.1 Å². The molecule has 1 saturated carbocycles. The van der Waals surface area contributed by atoms with Gasteiger partial charge in [-0.2, -0.15) is 0 Å². The van der Waals surface area contributed by atoms with Gasteiger partial charge in [0.15, 0.2) is 5.96 Å². The highest BCUT2D eigenvalue weighted by atomic mass is 127. The lowest BCUT2D eigenvalue weighted by molar-refractivity contribution is 0.138. The maximum absolute atomic E-state index is 5.32. The van der Waals surface area contributed by atoms with E-state index in [2.05, 4.69) is 33.3 Å². The van der Waals surface area contributed by atoms with Crippen LogP contribution in [0, 0.1) is 5.41 Å². The van der Waals surface area contributed by atoms with E-state index in [1.807, 2.05) is 25.2 Å². The van der Waals surface area contributed by atoms with E-state index < -0.39 is 0 Å². The zero-order valence-corrected chi connectivity index (χ0v) is 19.0. The lowest BCUT2D eigenvalue weighted by Crippen LogP contribution is -2.43. The second-order valence-electron chi connectivity index (χ2n) is 7.30. The molecule has 27 heavy (non-hydrogen) atoms. The van der Waals surface area contributed by atoms with Gasteiger partial charge in [0.05, 0.1) is 17.6 Å². The fraction of sp³-hybridized carbons (Fsp3) is 0.600. The molecule has 0 unspecified atom stereocenters. The van der Waals surface area contributed by atoms with Crippen molar-refractivity contribution in [1.29, 1.82) is 0 Å². The van der Waals surface area contributed by atoms with Gasteiger partial charge in [-0.25, -0.2) is 4.98 Å². The molecule has 2 aromatic rings. The number of benzene rings is 1. The number of hydrogen-bond donors (Lipinski definition) is 2. The summed E-state index contributed by atoms with van der Waals surface area (Å²) in [7, 11) is 5.66. The number of ether oxygens (including phenoxy) is 1. The maximum Gasteiger partial charge on any atom is 0.191 e. The minimum Gasteiger partial charge on any atom is -0.385 e. The van der Waals surface area contributed by atoms with Crippen LogP contribution >= 0.6 is 24.0 Å². The summed E-state index contributed by atoms with van der Waals surface area (Å²) in [4.78, 5) is 9.10. The van der Waals surface area contributed by atoms with E-state index in [1.165, 1.54) is 25.7 Å². The molecule has 1 fully saturated rings. The molecule has 1 aliphatic carbocycles. The second kappa shape index (κ2) is 10.3. The number of hydrogen-bond acceptors (Lipinski definition) is 3. The highest BCUT2D eigenvalue weighted by molar-refractivity contribution is 14.0. The first-order valence-corrected chi connectivity index (χ1v) is 9.51. The van der Waals surface area contributed by atoms with Gasteiger partial charge in [-0.05, 0) is 36.8 Å². The summed E-state index contributed by atoms with van der Waals surface area (Å²) in [5.74, 6) is 1.84. The predicted octanol–water partition coefficient (Wildman–Crippen LogP) is 3.45. The van der Waals surface area contributed by atoms with Crippen molar-refractivity contribution in [3.8, 4) is 0 Å². The summed E-state index contributed by atoms with van der Waals surface area (Å²) >= 11 is 0. The number of aliphatic imine (C=N–C) groups is 1. The average Bonchev–Trinajstić information content (AvgIpc) is 3.26. The summed E-state index contributed by atoms with van der Waals surface area (Å²) in [6.07, 6.45) is 6.28. The molecule has 0 saturated heterocycles. The largest absolute Gasteiger partial charge is 0.385 e. The fourth-order valence-corrected chi connectivity index (χ4v) is 3.97. The van der Waals surface area contributed by atoms with Crippen LogP contribution in [-0.2, 0) is 18.3 Å². The van der Waals surface area contributed by atoms with E-state index in [0.29, 0.717) is 12.0 Å². The Labute approximate surface area is 179 Å². The Morgan fingerprint density at radius 3 is 2.67 bits per heavy atom. The summed E-state index contributed by atoms with van der Waals surface area (Å²) < 4.78 is 7.46. The van der Waals surface area contributed by atoms with Crippen LogP contribution in [0.3, 0.4) is 0 Å². The van der Waals surface area contributed by atoms with Crippen LogP contribution in [0.5, 0.6) is 0 Å². The Kier molecular flexibility index (Phi) is 8.34. The molecule has 6 nitrogen and oxygen atoms in total. The molecule has 1 aromatic heterocycles. The van der Waals surface area contributed by atoms with Crippen molar-refractivity contribution in [3.63, 3.8) is 0 Å². The van der Waals surface area contributed by atoms with Crippen LogP contribution in [0.1, 0.15) is 37.9 Å². The predicted molar refractivity (Wildman–Crippen MR) is 122 cm³/mol. The Hall–Kier alpha value is -1.35. The Bertz CT molecular complexity index is 752. The minimum atomic E-state index is 0. The topological polar surface area (TPSA) is 63.5 Å². The zero-order chi connectivity index (χ0) is 18.4. The number of rotatable bonds is 7. The molecule has 150 valence electrons. The number of fused-ring (bicyclic) bond motifs is 1. The molecule has 2 N–H and O–H groups in total. The van der Waals surface area contributed by atoms with E-state index in [-0.39, 0.29) is 24.0 Å². The van der Waals surface area contributed by atoms with Crippen molar-refractivity contribution >= 4 is 41.0 Å². The molecule has 0 atom stereocenters. The standard InChI is InChI=1S/C20H31N5O.HI/c1-21-19(23-15-20(12-13-26-3)10-6-7-11-20)22-14-18-24-16-8-4-5-9-17(16)25(18)2;/h4-5,8-9H,6-7,10-15H2,1-3H3,(H2,21,22,23);1H. The Balaban J connectivity index is 0.00000261. The number of halogens is 1. The van der Waals surface area contributed by atoms with Crippen molar-refractivity contribution in [2.45, 2.75) is 38.6 Å². The van der Waals surface area contributed by atoms with E-state index in [0.717, 1.165) is 42.4 Å². The minimum absolute atomic E-state index is 0. The molecular weight excluding hydrogens is 453 g/mol. The van der Waals surface area contributed by atoms with Gasteiger partial charge >= 0.3 is 0 Å². The average molecular weight is 485 g/mol. The smallest absolute Gasteiger partial charge is 0.191 e. The molecule has 3 rings (SSSR count). The van der Waals surface area contributed by atoms with E-state index in [1.54, 1.807) is 7.11 Å². The van der Waals surface area contributed by atoms with Crippen LogP contribution in [0.15, 0.2) is 29.3 Å². The summed E-state index contributed by atoms with van der Waals surface area (Å²) in [5.41, 5.74) is 2.52. The van der Waals surface area contributed by atoms with Gasteiger partial charge in [0.2, 0.25) is 0 Å². The molecule has 1 heterocycles. The number of guanidine groups is 1. The molecule has 1 aromatic carbocycles. The zero-order valence-electron chi connectivity index (χ0n) is 16.6. The lowest BCUT2D eigenvalue weighted by atomic mass is 9.83. The third-order valence-electron chi connectivity index (χ3n) is 5.65. The first-order chi connectivity index (χ1) is 12.7. The number of aromatic nitrogens is 2. The van der Waals surface area contributed by atoms with E-state index in [9.17, 15) is 0 Å². The highest BCUT2D eigenvalue weighted by Gasteiger charge is 2.33. The summed E-state index contributed by atoms with van der Waals surface area (Å²) in [6, 6.07) is 8.21. The lowest BCUT2D eigenvalue weighted by Gasteiger charge is -2.29. The van der Waals surface area contributed by atoms with Crippen molar-refractivity contribution in [1.82, 2.24) is 20.2 Å². The molecule has 7 heteroatoms. The quantitative estimate of drug-likeness (QED) is 0.358. The molecule has 0 bridgehead atoms. The van der Waals surface area contributed by atoms with Crippen LogP contribution in [0.2, 0.25) is 0 Å². The summed E-state index contributed by atoms with van der Waals surface area (Å²) in [6.45, 7) is 2.42. The fourth-order valence-electron chi connectivity index (χ4n) is 3.97. The van der Waals surface area contributed by atoms with Crippen molar-refractivity contribution in [2.75, 3.05) is 27.3 Å². The van der Waals surface area contributed by atoms with Gasteiger partial charge in [-0.15, -0.1) is 24.0 Å². The molecule has 0 radical (unpaired) electrons. The third kappa shape index (κ3) is 5.34. The van der Waals surface area contributed by atoms with Crippen LogP contribution in [0.25, 0.3) is 11.0 Å². The van der Waals surface area contributed by atoms with Gasteiger partial charge in [-0.1, -0.05) is 25.0 Å². The summed E-state index contributed by atoms with van der Waals surface area (Å²) in [5, 5.41) is 6.94. The molecule has 1 aliphatic rings. The van der Waals surface area contributed by atoms with E-state index in [4.69, 9.17) is 9.72 Å². The van der Waals surface area contributed by atoms with E-state index >= 15 is 0 Å². The first kappa shape index (κ1) is 21.9. The van der Waals surface area contributed by atoms with Crippen LogP contribution in [-0.4, -0.2) is 42.8 Å². The van der Waals surface area contributed by atoms with Gasteiger partial charge < -0.3 is 19.9 Å². The van der Waals surface area contributed by atoms with Gasteiger partial charge in [0.1, 0.15) is 5.82 Å². The molecule has 0 amide bonds. The van der Waals surface area contributed by atoms with Crippen LogP contribution in [0.4, 0.5) is 0 Å². The molecule has 0 aliphatic heterocycles. The number of aryl methyl sites for hydroxylation is 1. The number of para-hydroxylation sites is 2. The number of nitrogens with zero attached hydrogens (tertiary/aromatic N) is 3. The van der Waals surface area contributed by atoms with Crippen LogP contribution < -0.4 is 10.6 Å². The highest BCUT2D eigenvalue weighted by Crippen LogP contribution is 2.40. The third-order valence-corrected chi connectivity index (χ3v) is 5.65. The van der Waals surface area contributed by atoms with Crippen molar-refractivity contribution < 1.29 is 4.74 Å². The Morgan fingerprint density at radius 1 is 1.26 bits per heavy atom. The number of nitrogens with one attached hydrogen (secondary N) is 2. The Morgan fingerprint density at radius 2 is 2.00 bits per heavy atom.